The topological polar surface area (TPSA) is 34.1 Å². The third-order valence-corrected chi connectivity index (χ3v) is 5.96. The summed E-state index contributed by atoms with van der Waals surface area (Å²) in [5.74, 6) is 0.878. The van der Waals surface area contributed by atoms with Crippen molar-refractivity contribution in [2.75, 3.05) is 40.0 Å². The number of aliphatic imine (C=N–C) groups is 1. The van der Waals surface area contributed by atoms with Crippen molar-refractivity contribution >= 4 is 5.71 Å². The predicted molar refractivity (Wildman–Crippen MR) is 113 cm³/mol. The Morgan fingerprint density at radius 3 is 2.32 bits per heavy atom. The number of ether oxygens (including phenoxy) is 2. The third kappa shape index (κ3) is 3.71. The minimum absolute atomic E-state index is 0.00326. The van der Waals surface area contributed by atoms with Crippen LogP contribution in [0.4, 0.5) is 0 Å². The van der Waals surface area contributed by atoms with Crippen molar-refractivity contribution in [3.8, 4) is 5.75 Å². The van der Waals surface area contributed by atoms with Crippen LogP contribution in [0.2, 0.25) is 0 Å². The Labute approximate surface area is 168 Å². The highest BCUT2D eigenvalue weighted by Gasteiger charge is 2.47. The van der Waals surface area contributed by atoms with E-state index in [1.165, 1.54) is 16.8 Å². The van der Waals surface area contributed by atoms with Crippen molar-refractivity contribution in [3.05, 3.63) is 65.7 Å². The summed E-state index contributed by atoms with van der Waals surface area (Å²) in [4.78, 5) is 7.96. The SMILES string of the molecule is COc1ccc(C2=NC(CN3CCOCC3)(c3ccccc3)CC2(C)C)cc1. The third-order valence-electron chi connectivity index (χ3n) is 5.96. The molecule has 1 unspecified atom stereocenters. The lowest BCUT2D eigenvalue weighted by molar-refractivity contribution is 0.0258. The molecule has 0 N–H and O–H groups in total. The van der Waals surface area contributed by atoms with E-state index >= 15 is 0 Å². The molecule has 2 aliphatic heterocycles. The first kappa shape index (κ1) is 19.2. The number of hydrogen-bond acceptors (Lipinski definition) is 4. The van der Waals surface area contributed by atoms with Crippen LogP contribution in [0.3, 0.4) is 0 Å². The maximum absolute atomic E-state index is 5.57. The summed E-state index contributed by atoms with van der Waals surface area (Å²) in [6.07, 6.45) is 1.00. The van der Waals surface area contributed by atoms with Gasteiger partial charge in [-0.2, -0.15) is 0 Å². The molecule has 4 rings (SSSR count). The Hall–Kier alpha value is -2.17. The summed E-state index contributed by atoms with van der Waals surface area (Å²) >= 11 is 0. The van der Waals surface area contributed by atoms with E-state index in [0.29, 0.717) is 0 Å². The van der Waals surface area contributed by atoms with Crippen LogP contribution in [0.1, 0.15) is 31.4 Å². The summed E-state index contributed by atoms with van der Waals surface area (Å²) in [5, 5.41) is 0. The minimum atomic E-state index is -0.225. The summed E-state index contributed by atoms with van der Waals surface area (Å²) < 4.78 is 10.9. The number of rotatable bonds is 5. The van der Waals surface area contributed by atoms with Gasteiger partial charge in [-0.15, -0.1) is 0 Å². The second-order valence-electron chi connectivity index (χ2n) is 8.54. The summed E-state index contributed by atoms with van der Waals surface area (Å²) in [7, 11) is 1.70. The lowest BCUT2D eigenvalue weighted by Crippen LogP contribution is -2.45. The highest BCUT2D eigenvalue weighted by molar-refractivity contribution is 6.06. The van der Waals surface area contributed by atoms with Crippen LogP contribution in [-0.4, -0.2) is 50.6 Å². The minimum Gasteiger partial charge on any atom is -0.497 e. The van der Waals surface area contributed by atoms with Crippen molar-refractivity contribution in [1.82, 2.24) is 4.90 Å². The molecule has 1 atom stereocenters. The first-order chi connectivity index (χ1) is 13.5. The second-order valence-corrected chi connectivity index (χ2v) is 8.54. The van der Waals surface area contributed by atoms with E-state index < -0.39 is 0 Å². The van der Waals surface area contributed by atoms with Gasteiger partial charge >= 0.3 is 0 Å². The molecule has 0 spiro atoms. The molecular weight excluding hydrogens is 348 g/mol. The van der Waals surface area contributed by atoms with Crippen LogP contribution in [0.25, 0.3) is 0 Å². The Kier molecular flexibility index (Phi) is 5.26. The van der Waals surface area contributed by atoms with Crippen molar-refractivity contribution in [1.29, 1.82) is 0 Å². The molecular formula is C24H30N2O2. The molecule has 28 heavy (non-hydrogen) atoms. The van der Waals surface area contributed by atoms with Gasteiger partial charge in [-0.1, -0.05) is 44.2 Å². The molecule has 0 aromatic heterocycles. The van der Waals surface area contributed by atoms with Gasteiger partial charge in [0, 0.05) is 30.8 Å². The van der Waals surface area contributed by atoms with Gasteiger partial charge in [0.25, 0.3) is 0 Å². The Morgan fingerprint density at radius 1 is 1.00 bits per heavy atom. The summed E-state index contributed by atoms with van der Waals surface area (Å²) in [6.45, 7) is 9.14. The molecule has 148 valence electrons. The highest BCUT2D eigenvalue weighted by Crippen LogP contribution is 2.47. The first-order valence-corrected chi connectivity index (χ1v) is 10.1. The Morgan fingerprint density at radius 2 is 1.68 bits per heavy atom. The van der Waals surface area contributed by atoms with Crippen LogP contribution >= 0.6 is 0 Å². The molecule has 4 nitrogen and oxygen atoms in total. The van der Waals surface area contributed by atoms with Crippen LogP contribution in [0.5, 0.6) is 5.75 Å². The molecule has 0 aliphatic carbocycles. The van der Waals surface area contributed by atoms with Crippen LogP contribution in [0, 0.1) is 5.41 Å². The molecule has 2 aromatic carbocycles. The number of morpholine rings is 1. The van der Waals surface area contributed by atoms with Gasteiger partial charge in [-0.05, 0) is 41.8 Å². The molecule has 0 amide bonds. The van der Waals surface area contributed by atoms with Crippen molar-refractivity contribution in [2.45, 2.75) is 25.8 Å². The van der Waals surface area contributed by atoms with E-state index in [0.717, 1.165) is 45.0 Å². The fourth-order valence-corrected chi connectivity index (χ4v) is 4.65. The molecule has 1 fully saturated rings. The average Bonchev–Trinajstić information content (AvgIpc) is 3.01. The summed E-state index contributed by atoms with van der Waals surface area (Å²) in [5.41, 5.74) is 3.45. The van der Waals surface area contributed by atoms with Gasteiger partial charge in [0.05, 0.1) is 25.9 Å². The molecule has 1 saturated heterocycles. The van der Waals surface area contributed by atoms with Gasteiger partial charge in [0.2, 0.25) is 0 Å². The molecule has 0 bridgehead atoms. The zero-order valence-corrected chi connectivity index (χ0v) is 17.1. The molecule has 0 radical (unpaired) electrons. The van der Waals surface area contributed by atoms with Crippen LogP contribution in [0.15, 0.2) is 59.6 Å². The predicted octanol–water partition coefficient (Wildman–Crippen LogP) is 4.14. The van der Waals surface area contributed by atoms with Gasteiger partial charge in [0.15, 0.2) is 0 Å². The van der Waals surface area contributed by atoms with Crippen LogP contribution < -0.4 is 4.74 Å². The Balaban J connectivity index is 1.75. The lowest BCUT2D eigenvalue weighted by atomic mass is 9.75. The quantitative estimate of drug-likeness (QED) is 0.784. The standard InChI is InChI=1S/C24H30N2O2/c1-23(2)17-24(20-7-5-4-6-8-20,18-26-13-15-28-16-14-26)25-22(23)19-9-11-21(27-3)12-10-19/h4-12H,13-18H2,1-3H3. The fourth-order valence-electron chi connectivity index (χ4n) is 4.65. The van der Waals surface area contributed by atoms with E-state index in [4.69, 9.17) is 14.5 Å². The summed E-state index contributed by atoms with van der Waals surface area (Å²) in [6, 6.07) is 19.1. The first-order valence-electron chi connectivity index (χ1n) is 10.1. The number of hydrogen-bond donors (Lipinski definition) is 0. The van der Waals surface area contributed by atoms with Gasteiger partial charge in [-0.3, -0.25) is 9.89 Å². The maximum atomic E-state index is 5.57. The van der Waals surface area contributed by atoms with E-state index in [-0.39, 0.29) is 11.0 Å². The zero-order chi connectivity index (χ0) is 19.6. The van der Waals surface area contributed by atoms with Crippen molar-refractivity contribution < 1.29 is 9.47 Å². The number of nitrogens with zero attached hydrogens (tertiary/aromatic N) is 2. The van der Waals surface area contributed by atoms with E-state index in [1.807, 2.05) is 12.1 Å². The van der Waals surface area contributed by atoms with Crippen LogP contribution in [-0.2, 0) is 10.3 Å². The maximum Gasteiger partial charge on any atom is 0.118 e. The largest absolute Gasteiger partial charge is 0.497 e. The van der Waals surface area contributed by atoms with E-state index in [1.54, 1.807) is 7.11 Å². The van der Waals surface area contributed by atoms with E-state index in [9.17, 15) is 0 Å². The zero-order valence-electron chi connectivity index (χ0n) is 17.1. The van der Waals surface area contributed by atoms with Crippen molar-refractivity contribution in [2.24, 2.45) is 10.4 Å². The number of benzene rings is 2. The Bertz CT molecular complexity index is 823. The molecule has 2 heterocycles. The van der Waals surface area contributed by atoms with Gasteiger partial charge < -0.3 is 9.47 Å². The van der Waals surface area contributed by atoms with Gasteiger partial charge in [-0.25, -0.2) is 0 Å². The fraction of sp³-hybridized carbons (Fsp3) is 0.458. The second kappa shape index (κ2) is 7.69. The molecule has 2 aromatic rings. The molecule has 4 heteroatoms. The molecule has 2 aliphatic rings. The monoisotopic (exact) mass is 378 g/mol. The molecule has 0 saturated carbocycles. The van der Waals surface area contributed by atoms with Crippen molar-refractivity contribution in [3.63, 3.8) is 0 Å². The van der Waals surface area contributed by atoms with Gasteiger partial charge in [0.1, 0.15) is 5.75 Å². The number of methoxy groups -OCH3 is 1. The van der Waals surface area contributed by atoms with E-state index in [2.05, 4.69) is 61.2 Å². The smallest absolute Gasteiger partial charge is 0.118 e. The normalized spacial score (nSPS) is 24.8. The highest BCUT2D eigenvalue weighted by atomic mass is 16.5. The lowest BCUT2D eigenvalue weighted by Gasteiger charge is -2.37. The average molecular weight is 379 g/mol.